The van der Waals surface area contributed by atoms with Crippen LogP contribution in [0.4, 0.5) is 0 Å². The Morgan fingerprint density at radius 3 is 2.89 bits per heavy atom. The van der Waals surface area contributed by atoms with Crippen LogP contribution in [0.2, 0.25) is 0 Å². The van der Waals surface area contributed by atoms with Crippen LogP contribution in [-0.4, -0.2) is 36.0 Å². The molecule has 100 valence electrons. The lowest BCUT2D eigenvalue weighted by molar-refractivity contribution is 0.577. The third-order valence-electron chi connectivity index (χ3n) is 2.67. The summed E-state index contributed by atoms with van der Waals surface area (Å²) >= 11 is 2.74. The van der Waals surface area contributed by atoms with Crippen LogP contribution in [0.3, 0.4) is 0 Å². The van der Waals surface area contributed by atoms with E-state index in [4.69, 9.17) is 0 Å². The maximum atomic E-state index is 11.4. The van der Waals surface area contributed by atoms with Gasteiger partial charge in [-0.25, -0.2) is 8.42 Å². The first-order valence-corrected chi connectivity index (χ1v) is 9.03. The molecule has 0 unspecified atom stereocenters. The maximum absolute atomic E-state index is 11.4. The summed E-state index contributed by atoms with van der Waals surface area (Å²) in [5.74, 6) is 0.874. The number of rotatable bonds is 2. The van der Waals surface area contributed by atoms with Crippen molar-refractivity contribution in [3.63, 3.8) is 0 Å². The maximum Gasteiger partial charge on any atom is 0.257 e. The number of sulfonamides is 1. The Kier molecular flexibility index (Phi) is 3.55. The first kappa shape index (κ1) is 13.0. The fourth-order valence-electron chi connectivity index (χ4n) is 1.72. The number of fused-ring (bicyclic) bond motifs is 1. The number of benzene rings is 1. The number of hydrogen-bond acceptors (Lipinski definition) is 6. The average molecular weight is 313 g/mol. The van der Waals surface area contributed by atoms with Crippen molar-refractivity contribution in [1.29, 1.82) is 0 Å². The lowest BCUT2D eigenvalue weighted by atomic mass is 10.2. The van der Waals surface area contributed by atoms with Crippen molar-refractivity contribution in [2.24, 2.45) is 8.80 Å². The number of thioether (sulfide) groups is 1. The molecule has 1 aromatic carbocycles. The Labute approximate surface area is 120 Å². The SMILES string of the molecule is O=S1(=O)CCN2C(SCc3ccccc3)=NSC2=N1. The van der Waals surface area contributed by atoms with Crippen LogP contribution in [0.15, 0.2) is 39.1 Å². The molecule has 0 saturated carbocycles. The summed E-state index contributed by atoms with van der Waals surface area (Å²) in [6, 6.07) is 10.1. The minimum absolute atomic E-state index is 0.0575. The summed E-state index contributed by atoms with van der Waals surface area (Å²) in [4.78, 5) is 1.87. The molecule has 2 aliphatic rings. The summed E-state index contributed by atoms with van der Waals surface area (Å²) in [5, 5.41) is 1.31. The second-order valence-electron chi connectivity index (χ2n) is 4.05. The van der Waals surface area contributed by atoms with Crippen molar-refractivity contribution in [1.82, 2.24) is 4.90 Å². The van der Waals surface area contributed by atoms with E-state index in [1.807, 2.05) is 23.1 Å². The average Bonchev–Trinajstić information content (AvgIpc) is 2.78. The highest BCUT2D eigenvalue weighted by atomic mass is 32.2. The van der Waals surface area contributed by atoms with Crippen LogP contribution in [0.25, 0.3) is 0 Å². The standard InChI is InChI=1S/C11H11N3O2S3/c15-19(16)7-6-14-10(12-18-11(14)13-19)17-8-9-4-2-1-3-5-9/h1-5H,6-8H2. The van der Waals surface area contributed by atoms with E-state index in [9.17, 15) is 8.42 Å². The van der Waals surface area contributed by atoms with Crippen molar-refractivity contribution in [2.45, 2.75) is 5.75 Å². The van der Waals surface area contributed by atoms with E-state index in [0.717, 1.165) is 22.9 Å². The van der Waals surface area contributed by atoms with Crippen LogP contribution in [0.1, 0.15) is 5.56 Å². The van der Waals surface area contributed by atoms with E-state index in [-0.39, 0.29) is 5.75 Å². The van der Waals surface area contributed by atoms with E-state index < -0.39 is 10.0 Å². The molecule has 0 spiro atoms. The largest absolute Gasteiger partial charge is 0.296 e. The van der Waals surface area contributed by atoms with Gasteiger partial charge >= 0.3 is 0 Å². The molecule has 0 bridgehead atoms. The highest BCUT2D eigenvalue weighted by molar-refractivity contribution is 8.19. The molecule has 0 fully saturated rings. The van der Waals surface area contributed by atoms with Crippen molar-refractivity contribution < 1.29 is 8.42 Å². The van der Waals surface area contributed by atoms with E-state index in [1.54, 1.807) is 11.8 Å². The zero-order valence-corrected chi connectivity index (χ0v) is 12.3. The molecule has 0 atom stereocenters. The van der Waals surface area contributed by atoms with Crippen LogP contribution >= 0.6 is 23.7 Å². The number of amidine groups is 2. The zero-order chi connectivity index (χ0) is 13.3. The molecule has 0 saturated heterocycles. The molecule has 0 N–H and O–H groups in total. The van der Waals surface area contributed by atoms with E-state index in [0.29, 0.717) is 11.7 Å². The molecule has 5 nitrogen and oxygen atoms in total. The van der Waals surface area contributed by atoms with Gasteiger partial charge in [-0.3, -0.25) is 4.90 Å². The van der Waals surface area contributed by atoms with E-state index >= 15 is 0 Å². The highest BCUT2D eigenvalue weighted by Crippen LogP contribution is 2.30. The minimum atomic E-state index is -3.28. The molecule has 3 rings (SSSR count). The normalized spacial score (nSPS) is 20.7. The smallest absolute Gasteiger partial charge is 0.257 e. The molecule has 0 aliphatic carbocycles. The van der Waals surface area contributed by atoms with Gasteiger partial charge in [0.2, 0.25) is 5.17 Å². The Hall–Kier alpha value is -0.990. The molecule has 2 heterocycles. The predicted molar refractivity (Wildman–Crippen MR) is 80.7 cm³/mol. The summed E-state index contributed by atoms with van der Waals surface area (Å²) in [6.45, 7) is 0.439. The van der Waals surface area contributed by atoms with Gasteiger partial charge in [0.1, 0.15) is 0 Å². The molecule has 0 amide bonds. The van der Waals surface area contributed by atoms with E-state index in [2.05, 4.69) is 20.9 Å². The number of hydrogen-bond donors (Lipinski definition) is 0. The Morgan fingerprint density at radius 1 is 1.32 bits per heavy atom. The summed E-state index contributed by atoms with van der Waals surface area (Å²) in [6.07, 6.45) is 0. The number of nitrogens with zero attached hydrogens (tertiary/aromatic N) is 3. The van der Waals surface area contributed by atoms with Crippen molar-refractivity contribution in [3.8, 4) is 0 Å². The Morgan fingerprint density at radius 2 is 2.11 bits per heavy atom. The summed E-state index contributed by atoms with van der Waals surface area (Å²) < 4.78 is 30.8. The van der Waals surface area contributed by atoms with Crippen LogP contribution in [0.5, 0.6) is 0 Å². The Balaban J connectivity index is 1.68. The van der Waals surface area contributed by atoms with Gasteiger partial charge in [-0.15, -0.1) is 4.40 Å². The second-order valence-corrected chi connectivity index (χ2v) is 7.48. The summed E-state index contributed by atoms with van der Waals surface area (Å²) in [5.41, 5.74) is 1.22. The van der Waals surface area contributed by atoms with Gasteiger partial charge < -0.3 is 0 Å². The molecular weight excluding hydrogens is 302 g/mol. The fourth-order valence-corrected chi connectivity index (χ4v) is 4.77. The van der Waals surface area contributed by atoms with Crippen molar-refractivity contribution in [2.75, 3.05) is 12.3 Å². The van der Waals surface area contributed by atoms with E-state index in [1.165, 1.54) is 5.56 Å². The van der Waals surface area contributed by atoms with Gasteiger partial charge in [0.15, 0.2) is 5.17 Å². The van der Waals surface area contributed by atoms with Crippen LogP contribution < -0.4 is 0 Å². The Bertz CT molecular complexity index is 640. The lowest BCUT2D eigenvalue weighted by Gasteiger charge is -2.22. The zero-order valence-electron chi connectivity index (χ0n) is 9.89. The third kappa shape index (κ3) is 2.96. The van der Waals surface area contributed by atoms with Gasteiger partial charge in [0.05, 0.1) is 17.7 Å². The fraction of sp³-hybridized carbons (Fsp3) is 0.273. The first-order chi connectivity index (χ1) is 9.14. The van der Waals surface area contributed by atoms with Gasteiger partial charge in [0, 0.05) is 12.3 Å². The third-order valence-corrected chi connectivity index (χ3v) is 5.84. The predicted octanol–water partition coefficient (Wildman–Crippen LogP) is 1.94. The van der Waals surface area contributed by atoms with Gasteiger partial charge in [0.25, 0.3) is 10.0 Å². The highest BCUT2D eigenvalue weighted by Gasteiger charge is 2.32. The second kappa shape index (κ2) is 5.18. The molecular formula is C11H11N3O2S3. The quantitative estimate of drug-likeness (QED) is 0.781. The van der Waals surface area contributed by atoms with Gasteiger partial charge in [-0.2, -0.15) is 4.40 Å². The lowest BCUT2D eigenvalue weighted by Crippen LogP contribution is -2.37. The minimum Gasteiger partial charge on any atom is -0.296 e. The first-order valence-electron chi connectivity index (χ1n) is 5.66. The van der Waals surface area contributed by atoms with Gasteiger partial charge in [-0.05, 0) is 5.56 Å². The molecule has 0 radical (unpaired) electrons. The molecule has 8 heteroatoms. The molecule has 0 aromatic heterocycles. The van der Waals surface area contributed by atoms with Gasteiger partial charge in [-0.1, -0.05) is 42.1 Å². The summed E-state index contributed by atoms with van der Waals surface area (Å²) in [7, 11) is -3.28. The molecule has 2 aliphatic heterocycles. The van der Waals surface area contributed by atoms with Crippen molar-refractivity contribution >= 4 is 44.1 Å². The van der Waals surface area contributed by atoms with Crippen LogP contribution in [-0.2, 0) is 15.8 Å². The molecule has 1 aromatic rings. The monoisotopic (exact) mass is 313 g/mol. The topological polar surface area (TPSA) is 62.1 Å². The van der Waals surface area contributed by atoms with Crippen molar-refractivity contribution in [3.05, 3.63) is 35.9 Å². The molecule has 19 heavy (non-hydrogen) atoms. The van der Waals surface area contributed by atoms with Crippen LogP contribution in [0, 0.1) is 0 Å².